The number of likely N-dealkylation sites (tertiary alicyclic amines) is 1. The Balaban J connectivity index is 2.24. The van der Waals surface area contributed by atoms with Crippen LogP contribution in [0.4, 0.5) is 0 Å². The molecule has 1 atom stereocenters. The van der Waals surface area contributed by atoms with Crippen LogP contribution in [-0.4, -0.2) is 35.6 Å². The number of nitrogens with zero attached hydrogens (tertiary/aromatic N) is 1. The highest BCUT2D eigenvalue weighted by Gasteiger charge is 2.21. The standard InChI is InChI=1S/C11H21NO2/c1-2-3-6-12-7-4-5-10(9-12)8-11(13)14/h10H,2-9H2,1H3,(H,13,14)/t10-/m1/s1. The third-order valence-electron chi connectivity index (χ3n) is 2.89. The van der Waals surface area contributed by atoms with E-state index in [-0.39, 0.29) is 0 Å². The summed E-state index contributed by atoms with van der Waals surface area (Å²) in [7, 11) is 0. The molecule has 0 spiro atoms. The maximum absolute atomic E-state index is 10.6. The molecule has 3 heteroatoms. The van der Waals surface area contributed by atoms with Gasteiger partial charge in [0.1, 0.15) is 0 Å². The van der Waals surface area contributed by atoms with Gasteiger partial charge in [0.05, 0.1) is 0 Å². The van der Waals surface area contributed by atoms with Crippen molar-refractivity contribution in [3.05, 3.63) is 0 Å². The number of unbranched alkanes of at least 4 members (excludes halogenated alkanes) is 1. The van der Waals surface area contributed by atoms with Crippen LogP contribution in [0, 0.1) is 5.92 Å². The van der Waals surface area contributed by atoms with Crippen molar-refractivity contribution in [2.45, 2.75) is 39.0 Å². The van der Waals surface area contributed by atoms with Crippen molar-refractivity contribution in [2.75, 3.05) is 19.6 Å². The number of hydrogen-bond acceptors (Lipinski definition) is 2. The Bertz CT molecular complexity index is 182. The predicted molar refractivity (Wildman–Crippen MR) is 56.3 cm³/mol. The highest BCUT2D eigenvalue weighted by atomic mass is 16.4. The first-order valence-electron chi connectivity index (χ1n) is 5.66. The molecule has 0 amide bonds. The van der Waals surface area contributed by atoms with Crippen LogP contribution in [0.3, 0.4) is 0 Å². The fraction of sp³-hybridized carbons (Fsp3) is 0.909. The fourth-order valence-electron chi connectivity index (χ4n) is 2.15. The lowest BCUT2D eigenvalue weighted by Crippen LogP contribution is -2.36. The summed E-state index contributed by atoms with van der Waals surface area (Å²) in [6.45, 7) is 5.49. The SMILES string of the molecule is CCCCN1CCC[C@H](CC(=O)O)C1. The van der Waals surface area contributed by atoms with E-state index in [0.29, 0.717) is 12.3 Å². The molecular formula is C11H21NO2. The van der Waals surface area contributed by atoms with Gasteiger partial charge in [0.25, 0.3) is 0 Å². The molecule has 0 unspecified atom stereocenters. The molecule has 0 radical (unpaired) electrons. The van der Waals surface area contributed by atoms with Gasteiger partial charge in [-0.15, -0.1) is 0 Å². The molecule has 0 aromatic heterocycles. The van der Waals surface area contributed by atoms with Crippen LogP contribution in [0.25, 0.3) is 0 Å². The highest BCUT2D eigenvalue weighted by molar-refractivity contribution is 5.67. The summed E-state index contributed by atoms with van der Waals surface area (Å²) in [4.78, 5) is 13.0. The van der Waals surface area contributed by atoms with Crippen LogP contribution in [0.1, 0.15) is 39.0 Å². The number of carbonyl (C=O) groups is 1. The van der Waals surface area contributed by atoms with Gasteiger partial charge in [0, 0.05) is 13.0 Å². The first-order valence-corrected chi connectivity index (χ1v) is 5.66. The summed E-state index contributed by atoms with van der Waals surface area (Å²) in [5, 5.41) is 8.71. The number of carboxylic acids is 1. The Morgan fingerprint density at radius 3 is 3.00 bits per heavy atom. The van der Waals surface area contributed by atoms with Gasteiger partial charge in [-0.2, -0.15) is 0 Å². The van der Waals surface area contributed by atoms with Crippen molar-refractivity contribution in [1.29, 1.82) is 0 Å². The number of carboxylic acid groups (broad SMARTS) is 1. The zero-order valence-electron chi connectivity index (χ0n) is 9.04. The van der Waals surface area contributed by atoms with E-state index in [1.807, 2.05) is 0 Å². The van der Waals surface area contributed by atoms with E-state index in [4.69, 9.17) is 5.11 Å². The van der Waals surface area contributed by atoms with Gasteiger partial charge in [-0.3, -0.25) is 4.79 Å². The molecule has 1 aliphatic rings. The number of piperidine rings is 1. The molecule has 82 valence electrons. The minimum Gasteiger partial charge on any atom is -0.481 e. The maximum atomic E-state index is 10.6. The van der Waals surface area contributed by atoms with E-state index in [1.54, 1.807) is 0 Å². The largest absolute Gasteiger partial charge is 0.481 e. The maximum Gasteiger partial charge on any atom is 0.303 e. The normalized spacial score (nSPS) is 23.6. The molecule has 1 heterocycles. The Morgan fingerprint density at radius 2 is 2.36 bits per heavy atom. The second kappa shape index (κ2) is 6.02. The Kier molecular flexibility index (Phi) is 4.94. The fourth-order valence-corrected chi connectivity index (χ4v) is 2.15. The van der Waals surface area contributed by atoms with Crippen molar-refractivity contribution in [1.82, 2.24) is 4.90 Å². The van der Waals surface area contributed by atoms with Gasteiger partial charge in [0.2, 0.25) is 0 Å². The van der Waals surface area contributed by atoms with Gasteiger partial charge < -0.3 is 10.0 Å². The summed E-state index contributed by atoms with van der Waals surface area (Å²) >= 11 is 0. The number of hydrogen-bond donors (Lipinski definition) is 1. The highest BCUT2D eigenvalue weighted by Crippen LogP contribution is 2.19. The van der Waals surface area contributed by atoms with Crippen molar-refractivity contribution in [2.24, 2.45) is 5.92 Å². The van der Waals surface area contributed by atoms with Gasteiger partial charge in [-0.05, 0) is 38.3 Å². The molecule has 0 saturated carbocycles. The first-order chi connectivity index (χ1) is 6.72. The van der Waals surface area contributed by atoms with Crippen molar-refractivity contribution in [3.63, 3.8) is 0 Å². The predicted octanol–water partition coefficient (Wildman–Crippen LogP) is 1.97. The molecule has 0 aliphatic carbocycles. The van der Waals surface area contributed by atoms with Crippen molar-refractivity contribution in [3.8, 4) is 0 Å². The summed E-state index contributed by atoms with van der Waals surface area (Å²) < 4.78 is 0. The molecule has 1 fully saturated rings. The lowest BCUT2D eigenvalue weighted by molar-refractivity contribution is -0.138. The Hall–Kier alpha value is -0.570. The van der Waals surface area contributed by atoms with Gasteiger partial charge in [-0.1, -0.05) is 13.3 Å². The third-order valence-corrected chi connectivity index (χ3v) is 2.89. The monoisotopic (exact) mass is 199 g/mol. The lowest BCUT2D eigenvalue weighted by atomic mass is 9.95. The second-order valence-corrected chi connectivity index (χ2v) is 4.26. The number of aliphatic carboxylic acids is 1. The molecule has 1 rings (SSSR count). The third kappa shape index (κ3) is 4.09. The van der Waals surface area contributed by atoms with E-state index in [1.165, 1.54) is 19.3 Å². The van der Waals surface area contributed by atoms with Crippen LogP contribution in [0.2, 0.25) is 0 Å². The van der Waals surface area contributed by atoms with E-state index >= 15 is 0 Å². The van der Waals surface area contributed by atoms with Crippen LogP contribution < -0.4 is 0 Å². The molecule has 0 aromatic rings. The zero-order valence-corrected chi connectivity index (χ0v) is 9.04. The summed E-state index contributed by atoms with van der Waals surface area (Å²) in [5.41, 5.74) is 0. The summed E-state index contributed by atoms with van der Waals surface area (Å²) in [6.07, 6.45) is 5.07. The van der Waals surface area contributed by atoms with Crippen LogP contribution >= 0.6 is 0 Å². The van der Waals surface area contributed by atoms with Crippen molar-refractivity contribution < 1.29 is 9.90 Å². The minimum atomic E-state index is -0.646. The molecule has 0 aromatic carbocycles. The van der Waals surface area contributed by atoms with E-state index < -0.39 is 5.97 Å². The van der Waals surface area contributed by atoms with E-state index in [0.717, 1.165) is 26.1 Å². The smallest absolute Gasteiger partial charge is 0.303 e. The van der Waals surface area contributed by atoms with Gasteiger partial charge >= 0.3 is 5.97 Å². The molecule has 3 nitrogen and oxygen atoms in total. The molecule has 14 heavy (non-hydrogen) atoms. The Morgan fingerprint density at radius 1 is 1.57 bits per heavy atom. The zero-order chi connectivity index (χ0) is 10.4. The average molecular weight is 199 g/mol. The summed E-state index contributed by atoms with van der Waals surface area (Å²) in [5.74, 6) is -0.259. The van der Waals surface area contributed by atoms with Crippen LogP contribution in [0.15, 0.2) is 0 Å². The molecule has 0 bridgehead atoms. The number of rotatable bonds is 5. The molecule has 1 N–H and O–H groups in total. The Labute approximate surface area is 86.1 Å². The molecule has 1 aliphatic heterocycles. The topological polar surface area (TPSA) is 40.5 Å². The lowest BCUT2D eigenvalue weighted by Gasteiger charge is -2.31. The van der Waals surface area contributed by atoms with Crippen LogP contribution in [-0.2, 0) is 4.79 Å². The second-order valence-electron chi connectivity index (χ2n) is 4.26. The minimum absolute atomic E-state index is 0.350. The quantitative estimate of drug-likeness (QED) is 0.736. The van der Waals surface area contributed by atoms with Crippen molar-refractivity contribution >= 4 is 5.97 Å². The van der Waals surface area contributed by atoms with E-state index in [9.17, 15) is 4.79 Å². The molecular weight excluding hydrogens is 178 g/mol. The van der Waals surface area contributed by atoms with Gasteiger partial charge in [-0.25, -0.2) is 0 Å². The van der Waals surface area contributed by atoms with Gasteiger partial charge in [0.15, 0.2) is 0 Å². The van der Waals surface area contributed by atoms with Crippen LogP contribution in [0.5, 0.6) is 0 Å². The van der Waals surface area contributed by atoms with E-state index in [2.05, 4.69) is 11.8 Å². The summed E-state index contributed by atoms with van der Waals surface area (Å²) in [6, 6.07) is 0. The average Bonchev–Trinajstić information content (AvgIpc) is 2.14. The first kappa shape index (κ1) is 11.5. The molecule has 1 saturated heterocycles.